The van der Waals surface area contributed by atoms with Crippen LogP contribution in [0.5, 0.6) is 0 Å². The van der Waals surface area contributed by atoms with Crippen molar-refractivity contribution in [3.8, 4) is 67.5 Å². The maximum Gasteiger partial charge on any atom is 0.164 e. The lowest BCUT2D eigenvalue weighted by atomic mass is 9.96. The maximum atomic E-state index is 4.93. The first-order valence-corrected chi connectivity index (χ1v) is 19.2. The zero-order valence-corrected chi connectivity index (χ0v) is 27.4. The topological polar surface area (TPSA) is 38.7 Å². The molecule has 0 spiro atoms. The van der Waals surface area contributed by atoms with Gasteiger partial charge in [0.1, 0.15) is 0 Å². The summed E-state index contributed by atoms with van der Waals surface area (Å²) in [5.74, 6) is 1.97. The van der Waals surface area contributed by atoms with Gasteiger partial charge in [0.15, 0.2) is 17.5 Å². The zero-order chi connectivity index (χ0) is 31.5. The molecule has 0 N–H and O–H groups in total. The van der Waals surface area contributed by atoms with E-state index >= 15 is 0 Å². The van der Waals surface area contributed by atoms with E-state index < -0.39 is 8.07 Å². The van der Waals surface area contributed by atoms with Gasteiger partial charge < -0.3 is 0 Å². The third-order valence-electron chi connectivity index (χ3n) is 8.32. The van der Waals surface area contributed by atoms with Crippen molar-refractivity contribution in [1.82, 2.24) is 15.0 Å². The average molecular weight is 610 g/mol. The Balaban J connectivity index is 1.20. The molecule has 0 aliphatic rings. The highest BCUT2D eigenvalue weighted by Gasteiger charge is 2.16. The van der Waals surface area contributed by atoms with Crippen LogP contribution in [0.4, 0.5) is 0 Å². The molecule has 6 aromatic carbocycles. The van der Waals surface area contributed by atoms with Gasteiger partial charge in [0.25, 0.3) is 0 Å². The van der Waals surface area contributed by atoms with Gasteiger partial charge in [-0.05, 0) is 45.5 Å². The van der Waals surface area contributed by atoms with E-state index in [0.717, 1.165) is 27.8 Å². The number of rotatable bonds is 7. The smallest absolute Gasteiger partial charge is 0.164 e. The molecule has 3 nitrogen and oxygen atoms in total. The standard InChI is InChI=1S/C42H35N3Si/c1-46(2,3)39-26-24-31(25-27-39)30-20-22-32(23-21-30)35-16-10-17-36(28-35)37-18-11-19-38(29-37)42-44-40(33-12-6-4-7-13-33)43-41(45-42)34-14-8-5-9-15-34/h4-29H,1-3H3. The lowest BCUT2D eigenvalue weighted by Gasteiger charge is -2.16. The van der Waals surface area contributed by atoms with Crippen LogP contribution in [-0.2, 0) is 0 Å². The first-order valence-electron chi connectivity index (χ1n) is 15.7. The summed E-state index contributed by atoms with van der Waals surface area (Å²) in [4.78, 5) is 14.7. The van der Waals surface area contributed by atoms with Gasteiger partial charge in [-0.3, -0.25) is 0 Å². The Labute approximate surface area is 272 Å². The van der Waals surface area contributed by atoms with Gasteiger partial charge in [0.05, 0.1) is 8.07 Å². The summed E-state index contributed by atoms with van der Waals surface area (Å²) >= 11 is 0. The molecule has 0 unspecified atom stereocenters. The summed E-state index contributed by atoms with van der Waals surface area (Å²) in [6.45, 7) is 7.16. The summed E-state index contributed by atoms with van der Waals surface area (Å²) in [6.07, 6.45) is 0. The molecule has 7 aromatic rings. The van der Waals surface area contributed by atoms with Gasteiger partial charge in [0, 0.05) is 16.7 Å². The quantitative estimate of drug-likeness (QED) is 0.169. The van der Waals surface area contributed by atoms with Crippen molar-refractivity contribution in [3.63, 3.8) is 0 Å². The summed E-state index contributed by atoms with van der Waals surface area (Å²) in [5, 5.41) is 1.48. The number of hydrogen-bond acceptors (Lipinski definition) is 3. The first-order chi connectivity index (χ1) is 22.4. The van der Waals surface area contributed by atoms with E-state index in [4.69, 9.17) is 15.0 Å². The Morgan fingerprint density at radius 1 is 0.304 bits per heavy atom. The number of hydrogen-bond donors (Lipinski definition) is 0. The summed E-state index contributed by atoms with van der Waals surface area (Å²) in [5.41, 5.74) is 9.99. The Bertz CT molecular complexity index is 2040. The fourth-order valence-electron chi connectivity index (χ4n) is 5.67. The molecule has 0 fully saturated rings. The minimum Gasteiger partial charge on any atom is -0.208 e. The molecule has 1 aromatic heterocycles. The second-order valence-corrected chi connectivity index (χ2v) is 17.7. The Morgan fingerprint density at radius 2 is 0.630 bits per heavy atom. The SMILES string of the molecule is C[Si](C)(C)c1ccc(-c2ccc(-c3cccc(-c4cccc(-c5nc(-c6ccccc6)nc(-c6ccccc6)n5)c4)c3)cc2)cc1. The van der Waals surface area contributed by atoms with Crippen LogP contribution in [0.1, 0.15) is 0 Å². The van der Waals surface area contributed by atoms with Crippen molar-refractivity contribution in [3.05, 3.63) is 158 Å². The van der Waals surface area contributed by atoms with Gasteiger partial charge in [-0.1, -0.05) is 170 Å². The highest BCUT2D eigenvalue weighted by molar-refractivity contribution is 6.88. The summed E-state index contributed by atoms with van der Waals surface area (Å²) in [6, 6.07) is 55.4. The molecule has 0 saturated heterocycles. The van der Waals surface area contributed by atoms with Crippen LogP contribution < -0.4 is 5.19 Å². The molecule has 222 valence electrons. The minimum atomic E-state index is -1.31. The fraction of sp³-hybridized carbons (Fsp3) is 0.0714. The number of aromatic nitrogens is 3. The molecule has 0 atom stereocenters. The Morgan fingerprint density at radius 3 is 1.09 bits per heavy atom. The molecule has 7 rings (SSSR count). The minimum absolute atomic E-state index is 0.652. The van der Waals surface area contributed by atoms with Crippen molar-refractivity contribution in [2.75, 3.05) is 0 Å². The third-order valence-corrected chi connectivity index (χ3v) is 10.4. The van der Waals surface area contributed by atoms with E-state index in [0.29, 0.717) is 17.5 Å². The predicted octanol–water partition coefficient (Wildman–Crippen LogP) is 10.4. The lowest BCUT2D eigenvalue weighted by molar-refractivity contribution is 1.07. The van der Waals surface area contributed by atoms with E-state index in [-0.39, 0.29) is 0 Å². The van der Waals surface area contributed by atoms with Crippen LogP contribution in [0.15, 0.2) is 158 Å². The van der Waals surface area contributed by atoms with Crippen LogP contribution in [-0.4, -0.2) is 23.0 Å². The van der Waals surface area contributed by atoms with E-state index in [1.54, 1.807) is 0 Å². The molecule has 1 heterocycles. The molecule has 4 heteroatoms. The number of nitrogens with zero attached hydrogens (tertiary/aromatic N) is 3. The monoisotopic (exact) mass is 609 g/mol. The maximum absolute atomic E-state index is 4.93. The van der Waals surface area contributed by atoms with Crippen LogP contribution in [0.2, 0.25) is 19.6 Å². The second kappa shape index (κ2) is 12.5. The van der Waals surface area contributed by atoms with Gasteiger partial charge in [-0.15, -0.1) is 0 Å². The van der Waals surface area contributed by atoms with Crippen LogP contribution in [0, 0.1) is 0 Å². The van der Waals surface area contributed by atoms with Gasteiger partial charge in [-0.2, -0.15) is 0 Å². The largest absolute Gasteiger partial charge is 0.208 e. The highest BCUT2D eigenvalue weighted by Crippen LogP contribution is 2.31. The van der Waals surface area contributed by atoms with Crippen molar-refractivity contribution in [2.45, 2.75) is 19.6 Å². The van der Waals surface area contributed by atoms with Crippen molar-refractivity contribution >= 4 is 13.3 Å². The zero-order valence-electron chi connectivity index (χ0n) is 26.4. The van der Waals surface area contributed by atoms with Crippen LogP contribution >= 0.6 is 0 Å². The molecular weight excluding hydrogens is 575 g/mol. The predicted molar refractivity (Wildman–Crippen MR) is 195 cm³/mol. The highest BCUT2D eigenvalue weighted by atomic mass is 28.3. The molecule has 0 amide bonds. The molecule has 46 heavy (non-hydrogen) atoms. The van der Waals surface area contributed by atoms with Gasteiger partial charge >= 0.3 is 0 Å². The fourth-order valence-corrected chi connectivity index (χ4v) is 6.84. The van der Waals surface area contributed by atoms with E-state index in [2.05, 4.69) is 117 Å². The Kier molecular flexibility index (Phi) is 7.96. The molecule has 0 saturated carbocycles. The van der Waals surface area contributed by atoms with Crippen molar-refractivity contribution in [1.29, 1.82) is 0 Å². The van der Waals surface area contributed by atoms with Gasteiger partial charge in [-0.25, -0.2) is 15.0 Å². The number of benzene rings is 6. The van der Waals surface area contributed by atoms with Gasteiger partial charge in [0.2, 0.25) is 0 Å². The van der Waals surface area contributed by atoms with Crippen LogP contribution in [0.3, 0.4) is 0 Å². The van der Waals surface area contributed by atoms with E-state index in [9.17, 15) is 0 Å². The second-order valence-electron chi connectivity index (χ2n) is 12.6. The molecule has 0 aliphatic heterocycles. The van der Waals surface area contributed by atoms with Crippen molar-refractivity contribution < 1.29 is 0 Å². The van der Waals surface area contributed by atoms with Crippen LogP contribution in [0.25, 0.3) is 67.5 Å². The lowest BCUT2D eigenvalue weighted by Crippen LogP contribution is -2.37. The first kappa shape index (κ1) is 29.3. The molecule has 0 aliphatic carbocycles. The van der Waals surface area contributed by atoms with E-state index in [1.165, 1.54) is 27.4 Å². The molecular formula is C42H35N3Si. The van der Waals surface area contributed by atoms with Crippen molar-refractivity contribution in [2.24, 2.45) is 0 Å². The Hall–Kier alpha value is -5.45. The molecule has 0 bridgehead atoms. The normalized spacial score (nSPS) is 11.4. The summed E-state index contributed by atoms with van der Waals surface area (Å²) < 4.78 is 0. The average Bonchev–Trinajstić information content (AvgIpc) is 3.12. The molecule has 0 radical (unpaired) electrons. The third kappa shape index (κ3) is 6.34. The summed E-state index contributed by atoms with van der Waals surface area (Å²) in [7, 11) is -1.31. The van der Waals surface area contributed by atoms with E-state index in [1.807, 2.05) is 60.7 Å².